The van der Waals surface area contributed by atoms with Crippen LogP contribution in [-0.2, 0) is 11.2 Å². The van der Waals surface area contributed by atoms with Crippen LogP contribution in [-0.4, -0.2) is 19.3 Å². The minimum absolute atomic E-state index is 0.0863. The second-order valence-electron chi connectivity index (χ2n) is 4.68. The molecule has 2 N–H and O–H groups in total. The standard InChI is InChI=1S/C13H17ClFNO/c14-12-7-9(1-2-13(12)15)5-11(16)6-10-3-4-17-8-10/h1-2,7,10-11H,3-6,8,16H2. The summed E-state index contributed by atoms with van der Waals surface area (Å²) in [5.74, 6) is 0.189. The third-order valence-corrected chi connectivity index (χ3v) is 3.43. The van der Waals surface area contributed by atoms with Gasteiger partial charge in [0, 0.05) is 19.3 Å². The van der Waals surface area contributed by atoms with Crippen molar-refractivity contribution in [1.29, 1.82) is 0 Å². The summed E-state index contributed by atoms with van der Waals surface area (Å²) in [6.45, 7) is 1.66. The molecule has 1 aromatic rings. The SMILES string of the molecule is NC(Cc1ccc(F)c(Cl)c1)CC1CCOC1. The maximum absolute atomic E-state index is 13.0. The summed E-state index contributed by atoms with van der Waals surface area (Å²) in [6, 6.07) is 4.88. The van der Waals surface area contributed by atoms with Crippen molar-refractivity contribution in [3.05, 3.63) is 34.6 Å². The van der Waals surface area contributed by atoms with Gasteiger partial charge in [-0.05, 0) is 42.9 Å². The molecule has 4 heteroatoms. The predicted molar refractivity (Wildman–Crippen MR) is 66.6 cm³/mol. The molecule has 94 valence electrons. The molecule has 1 aliphatic heterocycles. The highest BCUT2D eigenvalue weighted by atomic mass is 35.5. The van der Waals surface area contributed by atoms with Crippen LogP contribution in [0.15, 0.2) is 18.2 Å². The highest BCUT2D eigenvalue weighted by Gasteiger charge is 2.19. The number of halogens is 2. The summed E-state index contributed by atoms with van der Waals surface area (Å²) in [4.78, 5) is 0. The Hall–Kier alpha value is -0.640. The van der Waals surface area contributed by atoms with Gasteiger partial charge in [-0.3, -0.25) is 0 Å². The minimum Gasteiger partial charge on any atom is -0.381 e. The molecule has 1 aromatic carbocycles. The Labute approximate surface area is 106 Å². The van der Waals surface area contributed by atoms with E-state index in [-0.39, 0.29) is 16.9 Å². The number of rotatable bonds is 4. The largest absolute Gasteiger partial charge is 0.381 e. The quantitative estimate of drug-likeness (QED) is 0.900. The summed E-state index contributed by atoms with van der Waals surface area (Å²) in [5, 5.41) is 0.166. The van der Waals surface area contributed by atoms with Gasteiger partial charge in [-0.2, -0.15) is 0 Å². The molecular weight excluding hydrogens is 241 g/mol. The summed E-state index contributed by atoms with van der Waals surface area (Å²) in [7, 11) is 0. The molecule has 1 saturated heterocycles. The molecule has 0 radical (unpaired) electrons. The van der Waals surface area contributed by atoms with Gasteiger partial charge in [0.15, 0.2) is 0 Å². The molecule has 0 aromatic heterocycles. The van der Waals surface area contributed by atoms with Crippen molar-refractivity contribution in [3.63, 3.8) is 0 Å². The summed E-state index contributed by atoms with van der Waals surface area (Å²) in [6.07, 6.45) is 2.78. The fourth-order valence-corrected chi connectivity index (χ4v) is 2.45. The van der Waals surface area contributed by atoms with Crippen LogP contribution in [0.25, 0.3) is 0 Å². The first-order valence-corrected chi connectivity index (χ1v) is 6.30. The molecule has 2 rings (SSSR count). The Balaban J connectivity index is 1.88. The minimum atomic E-state index is -0.381. The third-order valence-electron chi connectivity index (χ3n) is 3.14. The second kappa shape index (κ2) is 5.80. The maximum atomic E-state index is 13.0. The molecule has 1 aliphatic rings. The monoisotopic (exact) mass is 257 g/mol. The van der Waals surface area contributed by atoms with Crippen molar-refractivity contribution in [2.75, 3.05) is 13.2 Å². The zero-order valence-corrected chi connectivity index (χ0v) is 10.4. The van der Waals surface area contributed by atoms with Gasteiger partial charge >= 0.3 is 0 Å². The van der Waals surface area contributed by atoms with E-state index in [0.717, 1.165) is 38.0 Å². The normalized spacial score (nSPS) is 21.7. The lowest BCUT2D eigenvalue weighted by Gasteiger charge is -2.15. The van der Waals surface area contributed by atoms with E-state index in [1.54, 1.807) is 12.1 Å². The van der Waals surface area contributed by atoms with Gasteiger partial charge in [0.25, 0.3) is 0 Å². The van der Waals surface area contributed by atoms with E-state index >= 15 is 0 Å². The Morgan fingerprint density at radius 2 is 2.35 bits per heavy atom. The van der Waals surface area contributed by atoms with Gasteiger partial charge in [0.2, 0.25) is 0 Å². The number of benzene rings is 1. The lowest BCUT2D eigenvalue weighted by atomic mass is 9.95. The van der Waals surface area contributed by atoms with E-state index in [2.05, 4.69) is 0 Å². The molecule has 0 saturated carbocycles. The van der Waals surface area contributed by atoms with E-state index in [1.165, 1.54) is 6.07 Å². The van der Waals surface area contributed by atoms with Crippen molar-refractivity contribution >= 4 is 11.6 Å². The van der Waals surface area contributed by atoms with Gasteiger partial charge in [0.1, 0.15) is 5.82 Å². The summed E-state index contributed by atoms with van der Waals surface area (Å²) < 4.78 is 18.3. The number of hydrogen-bond donors (Lipinski definition) is 1. The summed E-state index contributed by atoms with van der Waals surface area (Å²) in [5.41, 5.74) is 7.07. The van der Waals surface area contributed by atoms with E-state index in [9.17, 15) is 4.39 Å². The van der Waals surface area contributed by atoms with E-state index in [4.69, 9.17) is 22.1 Å². The maximum Gasteiger partial charge on any atom is 0.141 e. The molecule has 17 heavy (non-hydrogen) atoms. The Morgan fingerprint density at radius 3 is 3.00 bits per heavy atom. The summed E-state index contributed by atoms with van der Waals surface area (Å²) >= 11 is 5.73. The molecule has 0 amide bonds. The first-order valence-electron chi connectivity index (χ1n) is 5.92. The van der Waals surface area contributed by atoms with Crippen molar-refractivity contribution in [2.24, 2.45) is 11.7 Å². The van der Waals surface area contributed by atoms with Crippen LogP contribution in [0.1, 0.15) is 18.4 Å². The van der Waals surface area contributed by atoms with Crippen LogP contribution in [0.5, 0.6) is 0 Å². The number of hydrogen-bond acceptors (Lipinski definition) is 2. The number of ether oxygens (including phenoxy) is 1. The molecule has 1 heterocycles. The van der Waals surface area contributed by atoms with Crippen molar-refractivity contribution in [2.45, 2.75) is 25.3 Å². The molecule has 2 unspecified atom stereocenters. The van der Waals surface area contributed by atoms with Crippen molar-refractivity contribution < 1.29 is 9.13 Å². The van der Waals surface area contributed by atoms with Gasteiger partial charge in [-0.1, -0.05) is 17.7 Å². The number of nitrogens with two attached hydrogens (primary N) is 1. The Morgan fingerprint density at radius 1 is 1.53 bits per heavy atom. The fourth-order valence-electron chi connectivity index (χ4n) is 2.25. The van der Waals surface area contributed by atoms with E-state index in [0.29, 0.717) is 5.92 Å². The first kappa shape index (κ1) is 12.8. The van der Waals surface area contributed by atoms with Gasteiger partial charge in [-0.15, -0.1) is 0 Å². The van der Waals surface area contributed by atoms with Crippen LogP contribution >= 0.6 is 11.6 Å². The molecule has 2 nitrogen and oxygen atoms in total. The van der Waals surface area contributed by atoms with Gasteiger partial charge in [0.05, 0.1) is 5.02 Å². The van der Waals surface area contributed by atoms with Crippen molar-refractivity contribution in [1.82, 2.24) is 0 Å². The topological polar surface area (TPSA) is 35.2 Å². The fraction of sp³-hybridized carbons (Fsp3) is 0.538. The first-order chi connectivity index (χ1) is 8.15. The third kappa shape index (κ3) is 3.66. The molecule has 2 atom stereocenters. The zero-order chi connectivity index (χ0) is 12.3. The van der Waals surface area contributed by atoms with Crippen LogP contribution in [0, 0.1) is 11.7 Å². The van der Waals surface area contributed by atoms with E-state index in [1.807, 2.05) is 0 Å². The Kier molecular flexibility index (Phi) is 4.37. The molecule has 0 spiro atoms. The van der Waals surface area contributed by atoms with Gasteiger partial charge in [-0.25, -0.2) is 4.39 Å². The van der Waals surface area contributed by atoms with E-state index < -0.39 is 0 Å². The van der Waals surface area contributed by atoms with Crippen LogP contribution < -0.4 is 5.73 Å². The van der Waals surface area contributed by atoms with Crippen LogP contribution in [0.4, 0.5) is 4.39 Å². The van der Waals surface area contributed by atoms with Crippen LogP contribution in [0.3, 0.4) is 0 Å². The average Bonchev–Trinajstić information content (AvgIpc) is 2.76. The average molecular weight is 258 g/mol. The molecule has 0 bridgehead atoms. The smallest absolute Gasteiger partial charge is 0.141 e. The molecule has 0 aliphatic carbocycles. The van der Waals surface area contributed by atoms with Crippen LogP contribution in [0.2, 0.25) is 5.02 Å². The predicted octanol–water partition coefficient (Wildman–Crippen LogP) is 2.78. The lowest BCUT2D eigenvalue weighted by molar-refractivity contribution is 0.182. The molecular formula is C13H17ClFNO. The highest BCUT2D eigenvalue weighted by Crippen LogP contribution is 2.21. The zero-order valence-electron chi connectivity index (χ0n) is 9.66. The van der Waals surface area contributed by atoms with Gasteiger partial charge < -0.3 is 10.5 Å². The molecule has 1 fully saturated rings. The second-order valence-corrected chi connectivity index (χ2v) is 5.09. The Bertz CT molecular complexity index is 380. The highest BCUT2D eigenvalue weighted by molar-refractivity contribution is 6.30. The van der Waals surface area contributed by atoms with Crippen molar-refractivity contribution in [3.8, 4) is 0 Å². The lowest BCUT2D eigenvalue weighted by Crippen LogP contribution is -2.26.